The number of hydrogen-bond acceptors (Lipinski definition) is 6. The quantitative estimate of drug-likeness (QED) is 0.419. The van der Waals surface area contributed by atoms with Gasteiger partial charge in [0.15, 0.2) is 0 Å². The molecule has 0 spiro atoms. The van der Waals surface area contributed by atoms with Gasteiger partial charge in [0.25, 0.3) is 11.8 Å². The fraction of sp³-hybridized carbons (Fsp3) is 0.0476. The molecule has 0 radical (unpaired) electrons. The lowest BCUT2D eigenvalue weighted by molar-refractivity contribution is 0.0846. The predicted octanol–water partition coefficient (Wildman–Crippen LogP) is 1.15. The van der Waals surface area contributed by atoms with Crippen LogP contribution in [0.15, 0.2) is 77.7 Å². The van der Waals surface area contributed by atoms with Crippen LogP contribution in [0.25, 0.3) is 11.4 Å². The van der Waals surface area contributed by atoms with Crippen molar-refractivity contribution in [1.29, 1.82) is 0 Å². The number of rotatable bonds is 5. The van der Waals surface area contributed by atoms with Crippen LogP contribution in [0.2, 0.25) is 0 Å². The largest absolute Gasteiger partial charge is 0.328 e. The Hall–Kier alpha value is -4.60. The van der Waals surface area contributed by atoms with Gasteiger partial charge in [-0.2, -0.15) is 4.80 Å². The first-order valence-corrected chi connectivity index (χ1v) is 9.30. The van der Waals surface area contributed by atoms with Gasteiger partial charge in [-0.1, -0.05) is 42.5 Å². The molecule has 10 nitrogen and oxygen atoms in total. The van der Waals surface area contributed by atoms with Gasteiger partial charge in [-0.3, -0.25) is 25.2 Å². The van der Waals surface area contributed by atoms with Crippen LogP contribution in [0.5, 0.6) is 0 Å². The average molecular weight is 415 g/mol. The van der Waals surface area contributed by atoms with E-state index < -0.39 is 11.8 Å². The normalized spacial score (nSPS) is 10.5. The number of aromatic nitrogens is 5. The summed E-state index contributed by atoms with van der Waals surface area (Å²) in [4.78, 5) is 39.1. The summed E-state index contributed by atoms with van der Waals surface area (Å²) in [7, 11) is 0. The number of benzene rings is 2. The van der Waals surface area contributed by atoms with Crippen molar-refractivity contribution >= 4 is 11.8 Å². The molecule has 0 aliphatic heterocycles. The van der Waals surface area contributed by atoms with Crippen molar-refractivity contribution in [2.45, 2.75) is 6.54 Å². The highest BCUT2D eigenvalue weighted by atomic mass is 16.2. The summed E-state index contributed by atoms with van der Waals surface area (Å²) in [6.07, 6.45) is 1.26. The Bertz CT molecular complexity index is 1240. The molecule has 0 aliphatic rings. The minimum atomic E-state index is -0.548. The molecule has 31 heavy (non-hydrogen) atoms. The van der Waals surface area contributed by atoms with Crippen molar-refractivity contribution < 1.29 is 9.59 Å². The standard InChI is InChI=1S/C21H17N7O3/c29-18-11-10-17(12-22-18)21(31)25-24-20(30)16-8-6-14(7-9-16)13-28-26-19(23-27-28)15-4-2-1-3-5-15/h1-12H,13H2,(H,22,29)(H,24,30)(H,25,31). The summed E-state index contributed by atoms with van der Waals surface area (Å²) in [6, 6.07) is 18.9. The van der Waals surface area contributed by atoms with E-state index in [1.165, 1.54) is 23.1 Å². The molecular formula is C21H17N7O3. The summed E-state index contributed by atoms with van der Waals surface area (Å²) in [5.41, 5.74) is 6.64. The minimum absolute atomic E-state index is 0.213. The van der Waals surface area contributed by atoms with Gasteiger partial charge in [0.05, 0.1) is 12.1 Å². The van der Waals surface area contributed by atoms with E-state index in [4.69, 9.17) is 0 Å². The number of amides is 2. The fourth-order valence-corrected chi connectivity index (χ4v) is 2.75. The highest BCUT2D eigenvalue weighted by Crippen LogP contribution is 2.12. The van der Waals surface area contributed by atoms with Crippen LogP contribution in [0, 0.1) is 0 Å². The Morgan fingerprint density at radius 3 is 2.23 bits per heavy atom. The van der Waals surface area contributed by atoms with Crippen LogP contribution in [0.3, 0.4) is 0 Å². The first-order valence-electron chi connectivity index (χ1n) is 9.30. The summed E-state index contributed by atoms with van der Waals surface area (Å²) in [5.74, 6) is -0.489. The third kappa shape index (κ3) is 4.88. The van der Waals surface area contributed by atoms with Crippen molar-refractivity contribution in [2.24, 2.45) is 0 Å². The lowest BCUT2D eigenvalue weighted by Gasteiger charge is -2.08. The summed E-state index contributed by atoms with van der Waals surface area (Å²) >= 11 is 0. The maximum Gasteiger partial charge on any atom is 0.271 e. The molecule has 2 aromatic carbocycles. The number of aromatic amines is 1. The molecule has 0 saturated heterocycles. The number of nitrogens with one attached hydrogen (secondary N) is 3. The maximum absolute atomic E-state index is 12.2. The van der Waals surface area contributed by atoms with Gasteiger partial charge < -0.3 is 4.98 Å². The molecule has 4 rings (SSSR count). The van der Waals surface area contributed by atoms with E-state index in [9.17, 15) is 14.4 Å². The number of H-pyrrole nitrogens is 1. The van der Waals surface area contributed by atoms with Crippen LogP contribution in [0.4, 0.5) is 0 Å². The summed E-state index contributed by atoms with van der Waals surface area (Å²) < 4.78 is 0. The van der Waals surface area contributed by atoms with Crippen molar-refractivity contribution in [3.63, 3.8) is 0 Å². The van der Waals surface area contributed by atoms with Gasteiger partial charge in [0.1, 0.15) is 0 Å². The molecule has 10 heteroatoms. The zero-order valence-corrected chi connectivity index (χ0v) is 16.1. The first kappa shape index (κ1) is 19.7. The molecule has 0 unspecified atom stereocenters. The molecule has 0 bridgehead atoms. The Labute approximate surface area is 175 Å². The molecule has 3 N–H and O–H groups in total. The maximum atomic E-state index is 12.2. The lowest BCUT2D eigenvalue weighted by Crippen LogP contribution is -2.41. The average Bonchev–Trinajstić information content (AvgIpc) is 3.27. The third-order valence-electron chi connectivity index (χ3n) is 4.36. The van der Waals surface area contributed by atoms with Crippen LogP contribution in [-0.4, -0.2) is 37.0 Å². The number of carbonyl (C=O) groups is 2. The van der Waals surface area contributed by atoms with Gasteiger partial charge in [-0.05, 0) is 29.0 Å². The molecule has 0 aliphatic carbocycles. The molecule has 2 aromatic heterocycles. The molecule has 0 saturated carbocycles. The fourth-order valence-electron chi connectivity index (χ4n) is 2.75. The molecule has 0 atom stereocenters. The van der Waals surface area contributed by atoms with Crippen molar-refractivity contribution in [3.8, 4) is 11.4 Å². The number of tetrazole rings is 1. The second-order valence-electron chi connectivity index (χ2n) is 6.56. The van der Waals surface area contributed by atoms with E-state index in [-0.39, 0.29) is 11.1 Å². The van der Waals surface area contributed by atoms with Gasteiger partial charge in [-0.15, -0.1) is 10.2 Å². The van der Waals surface area contributed by atoms with Gasteiger partial charge in [0, 0.05) is 23.4 Å². The lowest BCUT2D eigenvalue weighted by atomic mass is 10.1. The molecular weight excluding hydrogens is 398 g/mol. The number of hydrazine groups is 1. The van der Waals surface area contributed by atoms with Crippen LogP contribution < -0.4 is 16.4 Å². The topological polar surface area (TPSA) is 135 Å². The number of pyridine rings is 1. The summed E-state index contributed by atoms with van der Waals surface area (Å²) in [6.45, 7) is 0.394. The molecule has 154 valence electrons. The zero-order chi connectivity index (χ0) is 21.6. The number of nitrogens with zero attached hydrogens (tertiary/aromatic N) is 4. The number of hydrogen-bond donors (Lipinski definition) is 3. The Morgan fingerprint density at radius 2 is 1.55 bits per heavy atom. The molecule has 2 heterocycles. The van der Waals surface area contributed by atoms with Crippen molar-refractivity contribution in [1.82, 2.24) is 36.0 Å². The Balaban J connectivity index is 1.34. The zero-order valence-electron chi connectivity index (χ0n) is 16.1. The number of carbonyl (C=O) groups excluding carboxylic acids is 2. The van der Waals surface area contributed by atoms with Crippen LogP contribution in [-0.2, 0) is 6.54 Å². The van der Waals surface area contributed by atoms with Gasteiger partial charge >= 0.3 is 0 Å². The SMILES string of the molecule is O=C(NNC(=O)c1ccc(=O)[nH]c1)c1ccc(Cn2nnc(-c3ccccc3)n2)cc1. The molecule has 4 aromatic rings. The Morgan fingerprint density at radius 1 is 0.871 bits per heavy atom. The molecule has 0 fully saturated rings. The van der Waals surface area contributed by atoms with Crippen molar-refractivity contribution in [3.05, 3.63) is 100.0 Å². The smallest absolute Gasteiger partial charge is 0.271 e. The van der Waals surface area contributed by atoms with Gasteiger partial charge in [0.2, 0.25) is 11.4 Å². The monoisotopic (exact) mass is 415 g/mol. The summed E-state index contributed by atoms with van der Waals surface area (Å²) in [5, 5.41) is 12.5. The van der Waals surface area contributed by atoms with E-state index >= 15 is 0 Å². The predicted molar refractivity (Wildman–Crippen MR) is 111 cm³/mol. The van der Waals surface area contributed by atoms with E-state index in [0.29, 0.717) is 17.9 Å². The van der Waals surface area contributed by atoms with Gasteiger partial charge in [-0.25, -0.2) is 0 Å². The molecule has 2 amide bonds. The second kappa shape index (κ2) is 8.82. The van der Waals surface area contributed by atoms with E-state index in [1.54, 1.807) is 24.3 Å². The van der Waals surface area contributed by atoms with Crippen molar-refractivity contribution in [2.75, 3.05) is 0 Å². The van der Waals surface area contributed by atoms with E-state index in [0.717, 1.165) is 11.1 Å². The van der Waals surface area contributed by atoms with Crippen LogP contribution >= 0.6 is 0 Å². The minimum Gasteiger partial charge on any atom is -0.328 e. The second-order valence-corrected chi connectivity index (χ2v) is 6.56. The first-order chi connectivity index (χ1) is 15.1. The van der Waals surface area contributed by atoms with E-state index in [1.807, 2.05) is 30.3 Å². The van der Waals surface area contributed by atoms with Crippen LogP contribution in [0.1, 0.15) is 26.3 Å². The Kier molecular flexibility index (Phi) is 5.61. The highest BCUT2D eigenvalue weighted by Gasteiger charge is 2.10. The third-order valence-corrected chi connectivity index (χ3v) is 4.36. The highest BCUT2D eigenvalue weighted by molar-refractivity contribution is 5.98. The van der Waals surface area contributed by atoms with E-state index in [2.05, 4.69) is 31.2 Å².